The van der Waals surface area contributed by atoms with E-state index >= 15 is 0 Å². The van der Waals surface area contributed by atoms with Crippen LogP contribution in [0.3, 0.4) is 0 Å². The number of aromatic nitrogens is 2. The first-order valence-corrected chi connectivity index (χ1v) is 11.2. The van der Waals surface area contributed by atoms with Crippen molar-refractivity contribution >= 4 is 34.6 Å². The van der Waals surface area contributed by atoms with Crippen molar-refractivity contribution in [2.75, 3.05) is 23.3 Å². The fourth-order valence-electron chi connectivity index (χ4n) is 3.82. The molecule has 178 valence electrons. The summed E-state index contributed by atoms with van der Waals surface area (Å²) in [6, 6.07) is 15.2. The van der Waals surface area contributed by atoms with E-state index in [0.717, 1.165) is 22.6 Å². The molecule has 0 spiro atoms. The summed E-state index contributed by atoms with van der Waals surface area (Å²) >= 11 is 5.76. The van der Waals surface area contributed by atoms with Crippen LogP contribution in [-0.2, 0) is 6.54 Å². The van der Waals surface area contributed by atoms with E-state index in [1.54, 1.807) is 0 Å². The minimum absolute atomic E-state index is 0.128. The Kier molecular flexibility index (Phi) is 7.21. The predicted molar refractivity (Wildman–Crippen MR) is 125 cm³/mol. The molecule has 0 unspecified atom stereocenters. The number of nitrogens with one attached hydrogen (secondary N) is 2. The van der Waals surface area contributed by atoms with Gasteiger partial charge in [0.15, 0.2) is 0 Å². The van der Waals surface area contributed by atoms with Gasteiger partial charge in [-0.3, -0.25) is 9.78 Å². The normalized spacial score (nSPS) is 14.6. The lowest BCUT2D eigenvalue weighted by atomic mass is 9.96. The van der Waals surface area contributed by atoms with Gasteiger partial charge >= 0.3 is 6.18 Å². The van der Waals surface area contributed by atoms with E-state index in [9.17, 15) is 18.0 Å². The van der Waals surface area contributed by atoms with E-state index in [1.807, 2.05) is 53.4 Å². The number of rotatable bonds is 6. The van der Waals surface area contributed by atoms with Crippen molar-refractivity contribution < 1.29 is 18.0 Å². The van der Waals surface area contributed by atoms with Gasteiger partial charge in [-0.1, -0.05) is 23.7 Å². The molecule has 1 aliphatic heterocycles. The number of nitrogens with zero attached hydrogens (tertiary/aromatic N) is 3. The lowest BCUT2D eigenvalue weighted by Gasteiger charge is -2.34. The van der Waals surface area contributed by atoms with Crippen molar-refractivity contribution in [3.05, 3.63) is 77.3 Å². The molecule has 1 saturated heterocycles. The zero-order chi connectivity index (χ0) is 24.1. The van der Waals surface area contributed by atoms with Crippen molar-refractivity contribution in [2.45, 2.75) is 25.6 Å². The predicted octanol–water partition coefficient (Wildman–Crippen LogP) is 5.58. The molecule has 2 aromatic carbocycles. The second-order valence-electron chi connectivity index (χ2n) is 8.08. The third kappa shape index (κ3) is 6.17. The molecule has 1 aromatic heterocycles. The molecule has 1 fully saturated rings. The number of alkyl halides is 3. The molecular weight excluding hydrogens is 467 g/mol. The molecule has 0 aliphatic carbocycles. The third-order valence-corrected chi connectivity index (χ3v) is 5.91. The standard InChI is InChI=1S/C24H23ClF3N5O/c25-22-15-29-14-21(32-22)23(34)30-13-16-1-3-18(4-2-16)31-19-5-7-20(8-6-19)33-11-9-17(10-12-33)24(26,27)28/h1-8,14-15,17,31H,9-13H2,(H,30,34). The number of hydrogen-bond donors (Lipinski definition) is 2. The van der Waals surface area contributed by atoms with Gasteiger partial charge in [0.2, 0.25) is 0 Å². The fourth-order valence-corrected chi connectivity index (χ4v) is 3.97. The molecule has 0 atom stereocenters. The summed E-state index contributed by atoms with van der Waals surface area (Å²) < 4.78 is 38.6. The topological polar surface area (TPSA) is 70.2 Å². The van der Waals surface area contributed by atoms with Crippen LogP contribution in [0.5, 0.6) is 0 Å². The SMILES string of the molecule is O=C(NCc1ccc(Nc2ccc(N3CCC(C(F)(F)F)CC3)cc2)cc1)c1cncc(Cl)n1. The van der Waals surface area contributed by atoms with Crippen molar-refractivity contribution in [1.29, 1.82) is 0 Å². The molecule has 10 heteroatoms. The first kappa shape index (κ1) is 23.8. The average molecular weight is 490 g/mol. The monoisotopic (exact) mass is 489 g/mol. The summed E-state index contributed by atoms with van der Waals surface area (Å²) in [4.78, 5) is 21.9. The van der Waals surface area contributed by atoms with Crippen LogP contribution in [0.15, 0.2) is 60.9 Å². The molecule has 2 N–H and O–H groups in total. The molecule has 6 nitrogen and oxygen atoms in total. The molecular formula is C24H23ClF3N5O. The van der Waals surface area contributed by atoms with E-state index < -0.39 is 12.1 Å². The van der Waals surface area contributed by atoms with Gasteiger partial charge in [-0.15, -0.1) is 0 Å². The molecule has 2 heterocycles. The van der Waals surface area contributed by atoms with E-state index in [1.165, 1.54) is 12.4 Å². The highest BCUT2D eigenvalue weighted by Gasteiger charge is 2.41. The Morgan fingerprint density at radius 1 is 1.00 bits per heavy atom. The number of benzene rings is 2. The molecule has 1 amide bonds. The minimum atomic E-state index is -4.11. The van der Waals surface area contributed by atoms with Gasteiger partial charge in [0.1, 0.15) is 10.8 Å². The lowest BCUT2D eigenvalue weighted by molar-refractivity contribution is -0.179. The Morgan fingerprint density at radius 3 is 2.21 bits per heavy atom. The molecule has 3 aromatic rings. The average Bonchev–Trinajstić information content (AvgIpc) is 2.83. The van der Waals surface area contributed by atoms with Crippen LogP contribution in [0.2, 0.25) is 5.15 Å². The Labute approximate surface area is 200 Å². The van der Waals surface area contributed by atoms with Gasteiger partial charge in [0.05, 0.1) is 18.3 Å². The van der Waals surface area contributed by atoms with Crippen LogP contribution in [0.25, 0.3) is 0 Å². The first-order valence-electron chi connectivity index (χ1n) is 10.8. The second kappa shape index (κ2) is 10.3. The van der Waals surface area contributed by atoms with Crippen LogP contribution in [0, 0.1) is 5.92 Å². The zero-order valence-corrected chi connectivity index (χ0v) is 18.9. The smallest absolute Gasteiger partial charge is 0.372 e. The highest BCUT2D eigenvalue weighted by molar-refractivity contribution is 6.29. The van der Waals surface area contributed by atoms with Crippen LogP contribution in [0.4, 0.5) is 30.2 Å². The third-order valence-electron chi connectivity index (χ3n) is 5.72. The summed E-state index contributed by atoms with van der Waals surface area (Å²) in [5.41, 5.74) is 3.72. The van der Waals surface area contributed by atoms with Gasteiger partial charge in [0.25, 0.3) is 5.91 Å². The van der Waals surface area contributed by atoms with E-state index in [2.05, 4.69) is 20.6 Å². The summed E-state index contributed by atoms with van der Waals surface area (Å²) in [7, 11) is 0. The van der Waals surface area contributed by atoms with Crippen molar-refractivity contribution in [2.24, 2.45) is 5.92 Å². The van der Waals surface area contributed by atoms with Crippen LogP contribution in [0.1, 0.15) is 28.9 Å². The maximum atomic E-state index is 12.9. The molecule has 4 rings (SSSR count). The Bertz CT molecular complexity index is 1110. The second-order valence-corrected chi connectivity index (χ2v) is 8.47. The highest BCUT2D eigenvalue weighted by atomic mass is 35.5. The largest absolute Gasteiger partial charge is 0.391 e. The van der Waals surface area contributed by atoms with Crippen molar-refractivity contribution in [3.63, 3.8) is 0 Å². The number of halogens is 4. The van der Waals surface area contributed by atoms with Crippen LogP contribution >= 0.6 is 11.6 Å². The number of amides is 1. The van der Waals surface area contributed by atoms with E-state index in [4.69, 9.17) is 11.6 Å². The molecule has 0 bridgehead atoms. The Hall–Kier alpha value is -3.33. The van der Waals surface area contributed by atoms with Crippen LogP contribution < -0.4 is 15.5 Å². The summed E-state index contributed by atoms with van der Waals surface area (Å²) in [5, 5.41) is 6.22. The number of carbonyl (C=O) groups is 1. The van der Waals surface area contributed by atoms with Crippen molar-refractivity contribution in [1.82, 2.24) is 15.3 Å². The lowest BCUT2D eigenvalue weighted by Crippen LogP contribution is -2.38. The summed E-state index contributed by atoms with van der Waals surface area (Å²) in [6.45, 7) is 1.13. The van der Waals surface area contributed by atoms with Gasteiger partial charge in [-0.25, -0.2) is 4.98 Å². The van der Waals surface area contributed by atoms with Gasteiger partial charge < -0.3 is 15.5 Å². The Morgan fingerprint density at radius 2 is 1.62 bits per heavy atom. The minimum Gasteiger partial charge on any atom is -0.372 e. The number of carbonyl (C=O) groups excluding carboxylic acids is 1. The maximum absolute atomic E-state index is 12.9. The van der Waals surface area contributed by atoms with Crippen molar-refractivity contribution in [3.8, 4) is 0 Å². The van der Waals surface area contributed by atoms with Gasteiger partial charge in [-0.2, -0.15) is 13.2 Å². The highest BCUT2D eigenvalue weighted by Crippen LogP contribution is 2.35. The molecule has 0 radical (unpaired) electrons. The number of anilines is 3. The summed E-state index contributed by atoms with van der Waals surface area (Å²) in [6.07, 6.45) is -1.14. The summed E-state index contributed by atoms with van der Waals surface area (Å²) in [5.74, 6) is -1.56. The first-order chi connectivity index (χ1) is 16.3. The number of piperidine rings is 1. The molecule has 34 heavy (non-hydrogen) atoms. The van der Waals surface area contributed by atoms with Gasteiger partial charge in [-0.05, 0) is 54.8 Å². The zero-order valence-electron chi connectivity index (χ0n) is 18.1. The Balaban J connectivity index is 1.28. The van der Waals surface area contributed by atoms with E-state index in [-0.39, 0.29) is 29.6 Å². The van der Waals surface area contributed by atoms with Crippen LogP contribution in [-0.4, -0.2) is 35.1 Å². The maximum Gasteiger partial charge on any atom is 0.391 e. The van der Waals surface area contributed by atoms with E-state index in [0.29, 0.717) is 19.6 Å². The van der Waals surface area contributed by atoms with Gasteiger partial charge in [0, 0.05) is 36.7 Å². The molecule has 1 aliphatic rings. The number of hydrogen-bond acceptors (Lipinski definition) is 5. The fraction of sp³-hybridized carbons (Fsp3) is 0.292. The quantitative estimate of drug-likeness (QED) is 0.473. The molecule has 0 saturated carbocycles.